The molecule has 0 bridgehead atoms. The molecule has 2 heterocycles. The number of Topliss-reactive ketones (excluding diaryl/α,β-unsaturated/α-hetero) is 2. The number of nitrogens with zero attached hydrogens (tertiary/aromatic N) is 1. The number of carbonyl (C=O) groups excluding carboxylic acids is 4. The number of imide groups is 1. The van der Waals surface area contributed by atoms with Crippen LogP contribution in [0, 0.1) is 18.8 Å². The molecule has 0 N–H and O–H groups in total. The molecule has 2 saturated heterocycles. The molecule has 2 amide bonds. The zero-order valence-corrected chi connectivity index (χ0v) is 19.8. The Kier molecular flexibility index (Phi) is 4.81. The van der Waals surface area contributed by atoms with Crippen LogP contribution in [-0.2, 0) is 14.3 Å². The number of ether oxygens (including phenoxy) is 1. The number of aryl methyl sites for hydroxylation is 1. The van der Waals surface area contributed by atoms with E-state index in [-0.39, 0.29) is 16.8 Å². The number of hydrogen-bond donors (Lipinski definition) is 0. The highest BCUT2D eigenvalue weighted by Crippen LogP contribution is 2.57. The number of halogens is 2. The summed E-state index contributed by atoms with van der Waals surface area (Å²) in [5.41, 5.74) is -0.136. The van der Waals surface area contributed by atoms with E-state index in [9.17, 15) is 19.2 Å². The molecule has 6 rings (SSSR count). The molecule has 2 fully saturated rings. The molecule has 3 atom stereocenters. The van der Waals surface area contributed by atoms with Crippen LogP contribution in [0.15, 0.2) is 66.7 Å². The molecule has 8 heteroatoms. The Bertz CT molecular complexity index is 1430. The smallest absolute Gasteiger partial charge is 0.241 e. The molecule has 3 aliphatic rings. The first kappa shape index (κ1) is 22.2. The molecule has 1 spiro atoms. The number of hydrogen-bond acceptors (Lipinski definition) is 5. The summed E-state index contributed by atoms with van der Waals surface area (Å²) in [5.74, 6) is -4.81. The average Bonchev–Trinajstić information content (AvgIpc) is 3.41. The average molecular weight is 506 g/mol. The molecule has 0 aromatic heterocycles. The van der Waals surface area contributed by atoms with Gasteiger partial charge in [0.2, 0.25) is 29.0 Å². The van der Waals surface area contributed by atoms with Crippen molar-refractivity contribution < 1.29 is 23.9 Å². The second kappa shape index (κ2) is 7.59. The van der Waals surface area contributed by atoms with Crippen LogP contribution in [0.1, 0.15) is 37.9 Å². The van der Waals surface area contributed by atoms with Crippen LogP contribution in [0.4, 0.5) is 5.69 Å². The maximum atomic E-state index is 13.9. The molecule has 0 radical (unpaired) electrons. The van der Waals surface area contributed by atoms with Crippen molar-refractivity contribution >= 4 is 52.3 Å². The lowest BCUT2D eigenvalue weighted by atomic mass is 9.77. The maximum absolute atomic E-state index is 13.9. The van der Waals surface area contributed by atoms with Crippen molar-refractivity contribution in [2.24, 2.45) is 11.8 Å². The SMILES string of the molecule is Cc1ccc(N2C(=O)[C@@H]3[C@@H](c4ccc(Cl)cc4)OC4(C(=O)c5ccccc5C4=O)[C@H]3C2=O)cc1Cl. The molecular weight excluding hydrogens is 489 g/mol. The van der Waals surface area contributed by atoms with E-state index in [4.69, 9.17) is 27.9 Å². The summed E-state index contributed by atoms with van der Waals surface area (Å²) in [6, 6.07) is 17.8. The van der Waals surface area contributed by atoms with E-state index in [1.807, 2.05) is 0 Å². The molecule has 3 aromatic rings. The fourth-order valence-corrected chi connectivity index (χ4v) is 5.75. The summed E-state index contributed by atoms with van der Waals surface area (Å²) in [6.07, 6.45) is -0.998. The summed E-state index contributed by atoms with van der Waals surface area (Å²) >= 11 is 12.3. The van der Waals surface area contributed by atoms with Gasteiger partial charge in [-0.05, 0) is 42.3 Å². The molecule has 3 aromatic carbocycles. The van der Waals surface area contributed by atoms with Crippen molar-refractivity contribution in [3.63, 3.8) is 0 Å². The van der Waals surface area contributed by atoms with E-state index in [0.717, 1.165) is 10.5 Å². The molecule has 174 valence electrons. The Balaban J connectivity index is 1.54. The standard InChI is InChI=1S/C27H17Cl2NO5/c1-13-6-11-16(12-19(13)29)30-25(33)20-21(26(30)34)27(35-22(20)14-7-9-15(28)10-8-14)23(31)17-4-2-3-5-18(17)24(27)32/h2-12,20-22H,1H3/t20-,21+,22+/m0/s1. The van der Waals surface area contributed by atoms with Crippen molar-refractivity contribution in [2.45, 2.75) is 18.6 Å². The van der Waals surface area contributed by atoms with E-state index >= 15 is 0 Å². The first-order chi connectivity index (χ1) is 16.8. The minimum absolute atomic E-state index is 0.185. The van der Waals surface area contributed by atoms with Crippen molar-refractivity contribution in [3.05, 3.63) is 99.0 Å². The van der Waals surface area contributed by atoms with Crippen molar-refractivity contribution in [1.29, 1.82) is 0 Å². The Morgan fingerprint density at radius 2 is 1.46 bits per heavy atom. The summed E-state index contributed by atoms with van der Waals surface area (Å²) in [6.45, 7) is 1.81. The van der Waals surface area contributed by atoms with E-state index in [1.165, 1.54) is 18.2 Å². The lowest BCUT2D eigenvalue weighted by molar-refractivity contribution is -0.127. The van der Waals surface area contributed by atoms with Gasteiger partial charge in [-0.3, -0.25) is 19.2 Å². The summed E-state index contributed by atoms with van der Waals surface area (Å²) < 4.78 is 6.24. The van der Waals surface area contributed by atoms with Crippen molar-refractivity contribution in [3.8, 4) is 0 Å². The lowest BCUT2D eigenvalue weighted by Gasteiger charge is -2.27. The zero-order valence-electron chi connectivity index (χ0n) is 18.3. The van der Waals surface area contributed by atoms with Crippen LogP contribution in [0.5, 0.6) is 0 Å². The topological polar surface area (TPSA) is 80.8 Å². The number of benzene rings is 3. The molecule has 35 heavy (non-hydrogen) atoms. The van der Waals surface area contributed by atoms with Crippen LogP contribution in [0.25, 0.3) is 0 Å². The van der Waals surface area contributed by atoms with Gasteiger partial charge in [0.1, 0.15) is 0 Å². The van der Waals surface area contributed by atoms with Crippen molar-refractivity contribution in [1.82, 2.24) is 0 Å². The van der Waals surface area contributed by atoms with Gasteiger partial charge in [0.15, 0.2) is 0 Å². The minimum Gasteiger partial charge on any atom is -0.349 e. The Morgan fingerprint density at radius 1 is 0.829 bits per heavy atom. The van der Waals surface area contributed by atoms with Crippen LogP contribution in [-0.4, -0.2) is 29.0 Å². The Morgan fingerprint density at radius 3 is 2.06 bits per heavy atom. The highest BCUT2D eigenvalue weighted by molar-refractivity contribution is 6.37. The number of anilines is 1. The zero-order chi connectivity index (χ0) is 24.6. The molecule has 2 aliphatic heterocycles. The predicted octanol–water partition coefficient (Wildman–Crippen LogP) is 5.00. The first-order valence-electron chi connectivity index (χ1n) is 11.0. The molecular formula is C27H17Cl2NO5. The van der Waals surface area contributed by atoms with Gasteiger partial charge in [-0.1, -0.05) is 65.7 Å². The van der Waals surface area contributed by atoms with Crippen LogP contribution in [0.2, 0.25) is 10.0 Å². The van der Waals surface area contributed by atoms with Gasteiger partial charge in [0.05, 0.1) is 23.6 Å². The van der Waals surface area contributed by atoms with Gasteiger partial charge in [0, 0.05) is 21.2 Å². The summed E-state index contributed by atoms with van der Waals surface area (Å²) in [4.78, 5) is 56.2. The van der Waals surface area contributed by atoms with Gasteiger partial charge in [-0.25, -0.2) is 4.90 Å². The summed E-state index contributed by atoms with van der Waals surface area (Å²) in [5, 5.41) is 0.865. The van der Waals surface area contributed by atoms with Gasteiger partial charge in [-0.15, -0.1) is 0 Å². The lowest BCUT2D eigenvalue weighted by Crippen LogP contribution is -2.51. The van der Waals surface area contributed by atoms with Crippen molar-refractivity contribution in [2.75, 3.05) is 4.90 Å². The second-order valence-corrected chi connectivity index (χ2v) is 9.82. The highest BCUT2D eigenvalue weighted by Gasteiger charge is 2.74. The third-order valence-corrected chi connectivity index (χ3v) is 7.79. The molecule has 0 saturated carbocycles. The van der Waals surface area contributed by atoms with Crippen LogP contribution >= 0.6 is 23.2 Å². The van der Waals surface area contributed by atoms with E-state index < -0.39 is 46.9 Å². The third-order valence-electron chi connectivity index (χ3n) is 7.13. The van der Waals surface area contributed by atoms with Gasteiger partial charge in [-0.2, -0.15) is 0 Å². The number of carbonyl (C=O) groups is 4. The predicted molar refractivity (Wildman–Crippen MR) is 129 cm³/mol. The Labute approximate surface area is 210 Å². The third kappa shape index (κ3) is 2.88. The molecule has 6 nitrogen and oxygen atoms in total. The number of amides is 2. The van der Waals surface area contributed by atoms with Crippen LogP contribution in [0.3, 0.4) is 0 Å². The monoisotopic (exact) mass is 505 g/mol. The number of ketones is 2. The normalized spacial score (nSPS) is 24.4. The minimum atomic E-state index is -2.12. The maximum Gasteiger partial charge on any atom is 0.241 e. The van der Waals surface area contributed by atoms with Gasteiger partial charge < -0.3 is 4.74 Å². The number of rotatable bonds is 2. The van der Waals surface area contributed by atoms with E-state index in [2.05, 4.69) is 0 Å². The first-order valence-corrected chi connectivity index (χ1v) is 11.8. The van der Waals surface area contributed by atoms with E-state index in [1.54, 1.807) is 55.5 Å². The second-order valence-electron chi connectivity index (χ2n) is 8.98. The fourth-order valence-electron chi connectivity index (χ4n) is 5.45. The molecule has 1 aliphatic carbocycles. The number of fused-ring (bicyclic) bond motifs is 3. The van der Waals surface area contributed by atoms with Gasteiger partial charge in [0.25, 0.3) is 0 Å². The Hall–Kier alpha value is -3.32. The molecule has 0 unspecified atom stereocenters. The largest absolute Gasteiger partial charge is 0.349 e. The van der Waals surface area contributed by atoms with Gasteiger partial charge >= 0.3 is 0 Å². The quantitative estimate of drug-likeness (QED) is 0.361. The summed E-state index contributed by atoms with van der Waals surface area (Å²) in [7, 11) is 0. The van der Waals surface area contributed by atoms with Crippen LogP contribution < -0.4 is 4.90 Å². The van der Waals surface area contributed by atoms with E-state index in [0.29, 0.717) is 15.6 Å². The fraction of sp³-hybridized carbons (Fsp3) is 0.185. The highest BCUT2D eigenvalue weighted by atomic mass is 35.5.